The van der Waals surface area contributed by atoms with E-state index in [0.717, 1.165) is 0 Å². The van der Waals surface area contributed by atoms with E-state index in [1.54, 1.807) is 0 Å². The quantitative estimate of drug-likeness (QED) is 0.636. The number of alkyl halides is 2. The summed E-state index contributed by atoms with van der Waals surface area (Å²) in [7, 11) is 0. The third-order valence-corrected chi connectivity index (χ3v) is 1.86. The van der Waals surface area contributed by atoms with Crippen molar-refractivity contribution in [2.24, 2.45) is 0 Å². The highest BCUT2D eigenvalue weighted by Crippen LogP contribution is 2.22. The lowest BCUT2D eigenvalue weighted by Crippen LogP contribution is -2.28. The number of hydrogen-bond donors (Lipinski definition) is 1. The second-order valence-corrected chi connectivity index (χ2v) is 2.77. The summed E-state index contributed by atoms with van der Waals surface area (Å²) >= 11 is 0. The average molecular weight is 180 g/mol. The Balaban J connectivity index is 2.35. The molecule has 0 aromatic carbocycles. The lowest BCUT2D eigenvalue weighted by atomic mass is 10.3. The van der Waals surface area contributed by atoms with E-state index in [0.29, 0.717) is 19.3 Å². The van der Waals surface area contributed by atoms with Crippen LogP contribution < -0.4 is 0 Å². The Kier molecular flexibility index (Phi) is 2.97. The molecule has 0 radical (unpaired) electrons. The summed E-state index contributed by atoms with van der Waals surface area (Å²) in [6.07, 6.45) is -2.90. The number of rotatable bonds is 2. The number of carbonyl (C=O) groups is 1. The standard InChI is InChI=1S/C7H10F2O3/c8-6(9)7(11)12-5-3-1-2-4(5)10/h4-6,10H,1-3H2. The predicted octanol–water partition coefficient (Wildman–Crippen LogP) is 0.708. The molecule has 1 rings (SSSR count). The fraction of sp³-hybridized carbons (Fsp3) is 0.857. The van der Waals surface area contributed by atoms with E-state index in [1.165, 1.54) is 0 Å². The first-order valence-electron chi connectivity index (χ1n) is 3.78. The van der Waals surface area contributed by atoms with Crippen molar-refractivity contribution in [2.75, 3.05) is 0 Å². The van der Waals surface area contributed by atoms with Crippen LogP contribution in [0.4, 0.5) is 8.78 Å². The number of aliphatic hydroxyl groups excluding tert-OH is 1. The molecule has 5 heteroatoms. The minimum Gasteiger partial charge on any atom is -0.455 e. The molecule has 2 atom stereocenters. The molecule has 1 N–H and O–H groups in total. The molecular formula is C7H10F2O3. The van der Waals surface area contributed by atoms with Crippen LogP contribution in [0.3, 0.4) is 0 Å². The van der Waals surface area contributed by atoms with Crippen LogP contribution in [0.1, 0.15) is 19.3 Å². The number of hydrogen-bond acceptors (Lipinski definition) is 3. The smallest absolute Gasteiger partial charge is 0.374 e. The van der Waals surface area contributed by atoms with Crippen LogP contribution in [0.5, 0.6) is 0 Å². The highest BCUT2D eigenvalue weighted by Gasteiger charge is 2.31. The largest absolute Gasteiger partial charge is 0.455 e. The molecule has 0 bridgehead atoms. The van der Waals surface area contributed by atoms with Crippen LogP contribution in [-0.2, 0) is 9.53 Å². The maximum absolute atomic E-state index is 11.7. The summed E-state index contributed by atoms with van der Waals surface area (Å²) in [4.78, 5) is 10.4. The van der Waals surface area contributed by atoms with Gasteiger partial charge in [0.05, 0.1) is 6.10 Å². The second kappa shape index (κ2) is 3.80. The first-order valence-corrected chi connectivity index (χ1v) is 3.78. The molecule has 12 heavy (non-hydrogen) atoms. The molecule has 0 saturated heterocycles. The zero-order chi connectivity index (χ0) is 9.14. The molecule has 1 saturated carbocycles. The van der Waals surface area contributed by atoms with Gasteiger partial charge in [-0.1, -0.05) is 0 Å². The monoisotopic (exact) mass is 180 g/mol. The van der Waals surface area contributed by atoms with Crippen molar-refractivity contribution in [2.45, 2.75) is 37.9 Å². The Morgan fingerprint density at radius 1 is 1.50 bits per heavy atom. The van der Waals surface area contributed by atoms with Crippen LogP contribution in [0.15, 0.2) is 0 Å². The Morgan fingerprint density at radius 2 is 2.17 bits per heavy atom. The minimum absolute atomic E-state index is 0.472. The van der Waals surface area contributed by atoms with Gasteiger partial charge in [0.2, 0.25) is 0 Å². The lowest BCUT2D eigenvalue weighted by Gasteiger charge is -2.14. The Hall–Kier alpha value is -0.710. The zero-order valence-electron chi connectivity index (χ0n) is 6.37. The van der Waals surface area contributed by atoms with Gasteiger partial charge < -0.3 is 9.84 Å². The van der Waals surface area contributed by atoms with Gasteiger partial charge in [-0.05, 0) is 19.3 Å². The molecule has 3 nitrogen and oxygen atoms in total. The number of halogens is 2. The number of aliphatic hydroxyl groups is 1. The van der Waals surface area contributed by atoms with Crippen molar-refractivity contribution in [1.82, 2.24) is 0 Å². The molecule has 1 aliphatic rings. The minimum atomic E-state index is -3.10. The fourth-order valence-corrected chi connectivity index (χ4v) is 1.24. The summed E-state index contributed by atoms with van der Waals surface area (Å²) in [5, 5.41) is 9.10. The van der Waals surface area contributed by atoms with Crippen LogP contribution >= 0.6 is 0 Å². The first-order chi connectivity index (χ1) is 5.61. The molecule has 2 unspecified atom stereocenters. The molecule has 1 aliphatic carbocycles. The SMILES string of the molecule is O=C(OC1CCCC1O)C(F)F. The highest BCUT2D eigenvalue weighted by molar-refractivity contribution is 5.73. The van der Waals surface area contributed by atoms with Gasteiger partial charge in [0.1, 0.15) is 6.10 Å². The van der Waals surface area contributed by atoms with Crippen molar-refractivity contribution in [1.29, 1.82) is 0 Å². The summed E-state index contributed by atoms with van der Waals surface area (Å²) in [6.45, 7) is 0. The molecule has 0 heterocycles. The number of carbonyl (C=O) groups excluding carboxylic acids is 1. The molecule has 0 aromatic heterocycles. The van der Waals surface area contributed by atoms with Gasteiger partial charge >= 0.3 is 12.4 Å². The Labute approximate surface area is 68.3 Å². The predicted molar refractivity (Wildman–Crippen MR) is 35.7 cm³/mol. The topological polar surface area (TPSA) is 46.5 Å². The van der Waals surface area contributed by atoms with Crippen molar-refractivity contribution in [3.8, 4) is 0 Å². The average Bonchev–Trinajstić information content (AvgIpc) is 2.36. The third kappa shape index (κ3) is 2.14. The van der Waals surface area contributed by atoms with E-state index in [4.69, 9.17) is 5.11 Å². The van der Waals surface area contributed by atoms with Crippen LogP contribution in [0.2, 0.25) is 0 Å². The van der Waals surface area contributed by atoms with E-state index in [9.17, 15) is 13.6 Å². The molecule has 0 aliphatic heterocycles. The molecule has 0 amide bonds. The number of ether oxygens (including phenoxy) is 1. The van der Waals surface area contributed by atoms with E-state index in [2.05, 4.69) is 4.74 Å². The van der Waals surface area contributed by atoms with Crippen molar-refractivity contribution < 1.29 is 23.4 Å². The van der Waals surface area contributed by atoms with Crippen molar-refractivity contribution >= 4 is 5.97 Å². The normalized spacial score (nSPS) is 29.3. The Morgan fingerprint density at radius 3 is 2.58 bits per heavy atom. The van der Waals surface area contributed by atoms with E-state index in [-0.39, 0.29) is 0 Å². The summed E-state index contributed by atoms with van der Waals surface area (Å²) in [5.41, 5.74) is 0. The van der Waals surface area contributed by atoms with Gasteiger partial charge in [0.25, 0.3) is 0 Å². The van der Waals surface area contributed by atoms with Gasteiger partial charge in [-0.3, -0.25) is 0 Å². The van der Waals surface area contributed by atoms with Crippen molar-refractivity contribution in [3.05, 3.63) is 0 Å². The second-order valence-electron chi connectivity index (χ2n) is 2.77. The van der Waals surface area contributed by atoms with Crippen LogP contribution in [0, 0.1) is 0 Å². The van der Waals surface area contributed by atoms with Crippen molar-refractivity contribution in [3.63, 3.8) is 0 Å². The molecule has 0 spiro atoms. The summed E-state index contributed by atoms with van der Waals surface area (Å²) in [5.74, 6) is -1.54. The maximum Gasteiger partial charge on any atom is 0.374 e. The third-order valence-electron chi connectivity index (χ3n) is 1.86. The highest BCUT2D eigenvalue weighted by atomic mass is 19.3. The molecule has 70 valence electrons. The van der Waals surface area contributed by atoms with E-state index in [1.807, 2.05) is 0 Å². The molecular weight excluding hydrogens is 170 g/mol. The van der Waals surface area contributed by atoms with Gasteiger partial charge in [0, 0.05) is 0 Å². The fourth-order valence-electron chi connectivity index (χ4n) is 1.24. The lowest BCUT2D eigenvalue weighted by molar-refractivity contribution is -0.166. The van der Waals surface area contributed by atoms with Crippen LogP contribution in [0.25, 0.3) is 0 Å². The summed E-state index contributed by atoms with van der Waals surface area (Å²) < 4.78 is 27.7. The zero-order valence-corrected chi connectivity index (χ0v) is 6.37. The van der Waals surface area contributed by atoms with E-state index < -0.39 is 24.6 Å². The maximum atomic E-state index is 11.7. The van der Waals surface area contributed by atoms with Gasteiger partial charge in [-0.15, -0.1) is 0 Å². The van der Waals surface area contributed by atoms with Gasteiger partial charge in [0.15, 0.2) is 0 Å². The first kappa shape index (κ1) is 9.38. The molecule has 0 aromatic rings. The van der Waals surface area contributed by atoms with Gasteiger partial charge in [-0.25, -0.2) is 4.79 Å². The summed E-state index contributed by atoms with van der Waals surface area (Å²) in [6, 6.07) is 0. The van der Waals surface area contributed by atoms with Gasteiger partial charge in [-0.2, -0.15) is 8.78 Å². The Bertz CT molecular complexity index is 172. The number of esters is 1. The van der Waals surface area contributed by atoms with Crippen LogP contribution in [-0.4, -0.2) is 29.7 Å². The van der Waals surface area contributed by atoms with E-state index >= 15 is 0 Å². The molecule has 1 fully saturated rings.